The van der Waals surface area contributed by atoms with Crippen molar-refractivity contribution in [1.29, 1.82) is 0 Å². The number of halogens is 3. The van der Waals surface area contributed by atoms with Gasteiger partial charge < -0.3 is 14.7 Å². The maximum Gasteiger partial charge on any atom is 0.416 e. The zero-order chi connectivity index (χ0) is 27.3. The van der Waals surface area contributed by atoms with Crippen LogP contribution >= 0.6 is 0 Å². The van der Waals surface area contributed by atoms with Crippen LogP contribution in [0.4, 0.5) is 13.2 Å². The van der Waals surface area contributed by atoms with Crippen LogP contribution in [-0.2, 0) is 17.6 Å². The SMILES string of the molecule is C=C=C/C(C(=O)O)=C1/N=CC(c2cccc(OCc3cccc(C(F)(F)F)c3)c2)=C(C2CCCCC2)N1C. The molecule has 1 aliphatic carbocycles. The molecular formula is C30H29F3N2O3. The van der Waals surface area contributed by atoms with Gasteiger partial charge in [0.05, 0.1) is 5.56 Å². The first kappa shape index (κ1) is 27.0. The minimum absolute atomic E-state index is 0.00396. The molecule has 0 aromatic heterocycles. The van der Waals surface area contributed by atoms with E-state index in [4.69, 9.17) is 4.74 Å². The molecule has 2 aromatic carbocycles. The molecule has 0 amide bonds. The van der Waals surface area contributed by atoms with Crippen LogP contribution in [-0.4, -0.2) is 29.2 Å². The highest BCUT2D eigenvalue weighted by molar-refractivity contribution is 6.12. The maximum atomic E-state index is 13.1. The molecule has 0 spiro atoms. The molecule has 4 rings (SSSR count). The molecule has 198 valence electrons. The summed E-state index contributed by atoms with van der Waals surface area (Å²) in [6.07, 6.45) is 3.89. The molecule has 5 nitrogen and oxygen atoms in total. The molecule has 1 aliphatic heterocycles. The molecule has 0 radical (unpaired) electrons. The van der Waals surface area contributed by atoms with Gasteiger partial charge >= 0.3 is 12.1 Å². The van der Waals surface area contributed by atoms with Crippen molar-refractivity contribution in [2.75, 3.05) is 7.05 Å². The van der Waals surface area contributed by atoms with Gasteiger partial charge in [0.15, 0.2) is 0 Å². The number of allylic oxidation sites excluding steroid dienone is 2. The third-order valence-corrected chi connectivity index (χ3v) is 6.79. The van der Waals surface area contributed by atoms with Gasteiger partial charge in [-0.2, -0.15) is 13.2 Å². The van der Waals surface area contributed by atoms with Gasteiger partial charge in [0.25, 0.3) is 0 Å². The Hall–Kier alpha value is -4.03. The number of carboxylic acids is 1. The number of benzene rings is 2. The number of aliphatic carboxylic acids is 1. The molecule has 38 heavy (non-hydrogen) atoms. The van der Waals surface area contributed by atoms with E-state index in [0.717, 1.165) is 61.1 Å². The van der Waals surface area contributed by atoms with Gasteiger partial charge in [0.1, 0.15) is 23.8 Å². The summed E-state index contributed by atoms with van der Waals surface area (Å²) in [6, 6.07) is 12.4. The normalized spacial score (nSPS) is 17.7. The highest BCUT2D eigenvalue weighted by atomic mass is 19.4. The summed E-state index contributed by atoms with van der Waals surface area (Å²) in [5.41, 5.74) is 4.92. The van der Waals surface area contributed by atoms with E-state index in [1.165, 1.54) is 12.1 Å². The zero-order valence-corrected chi connectivity index (χ0v) is 21.1. The summed E-state index contributed by atoms with van der Waals surface area (Å²) in [7, 11) is 1.82. The summed E-state index contributed by atoms with van der Waals surface area (Å²) in [5, 5.41) is 9.75. The maximum absolute atomic E-state index is 13.1. The van der Waals surface area contributed by atoms with Crippen molar-refractivity contribution >= 4 is 17.8 Å². The van der Waals surface area contributed by atoms with Crippen LogP contribution < -0.4 is 4.74 Å². The van der Waals surface area contributed by atoms with E-state index in [2.05, 4.69) is 17.3 Å². The van der Waals surface area contributed by atoms with Crippen LogP contribution in [0, 0.1) is 5.92 Å². The molecule has 8 heteroatoms. The quantitative estimate of drug-likeness (QED) is 0.308. The Balaban J connectivity index is 1.68. The van der Waals surface area contributed by atoms with Crippen molar-refractivity contribution in [3.05, 3.63) is 101 Å². The molecule has 1 saturated carbocycles. The Morgan fingerprint density at radius 1 is 1.18 bits per heavy atom. The van der Waals surface area contributed by atoms with E-state index < -0.39 is 17.7 Å². The molecule has 0 saturated heterocycles. The number of rotatable bonds is 7. The van der Waals surface area contributed by atoms with Crippen LogP contribution in [0.15, 0.2) is 89.0 Å². The Kier molecular flexibility index (Phi) is 8.23. The third-order valence-electron chi connectivity index (χ3n) is 6.79. The van der Waals surface area contributed by atoms with Crippen LogP contribution in [0.3, 0.4) is 0 Å². The van der Waals surface area contributed by atoms with Crippen molar-refractivity contribution in [2.24, 2.45) is 10.9 Å². The van der Waals surface area contributed by atoms with Gasteiger partial charge in [0, 0.05) is 24.5 Å². The Labute approximate surface area is 220 Å². The lowest BCUT2D eigenvalue weighted by molar-refractivity contribution is -0.137. The molecule has 1 N–H and O–H groups in total. The topological polar surface area (TPSA) is 62.1 Å². The first-order valence-electron chi connectivity index (χ1n) is 12.4. The van der Waals surface area contributed by atoms with E-state index in [0.29, 0.717) is 17.1 Å². The van der Waals surface area contributed by atoms with Crippen molar-refractivity contribution in [2.45, 2.75) is 44.9 Å². The number of hydrogen-bond acceptors (Lipinski definition) is 4. The fourth-order valence-corrected chi connectivity index (χ4v) is 5.00. The predicted octanol–water partition coefficient (Wildman–Crippen LogP) is 7.23. The molecule has 0 unspecified atom stereocenters. The molecular weight excluding hydrogens is 493 g/mol. The second-order valence-corrected chi connectivity index (χ2v) is 9.36. The van der Waals surface area contributed by atoms with Crippen LogP contribution in [0.25, 0.3) is 5.57 Å². The molecule has 2 aromatic rings. The lowest BCUT2D eigenvalue weighted by Crippen LogP contribution is -2.29. The van der Waals surface area contributed by atoms with E-state index in [-0.39, 0.29) is 18.1 Å². The van der Waals surface area contributed by atoms with Crippen LogP contribution in [0.2, 0.25) is 0 Å². The monoisotopic (exact) mass is 522 g/mol. The summed E-state index contributed by atoms with van der Waals surface area (Å²) >= 11 is 0. The van der Waals surface area contributed by atoms with Gasteiger partial charge in [-0.25, -0.2) is 9.79 Å². The molecule has 1 fully saturated rings. The van der Waals surface area contributed by atoms with Gasteiger partial charge in [-0.3, -0.25) is 0 Å². The average Bonchev–Trinajstić information content (AvgIpc) is 2.91. The van der Waals surface area contributed by atoms with Crippen molar-refractivity contribution < 1.29 is 27.8 Å². The number of hydrogen-bond donors (Lipinski definition) is 1. The standard InChI is InChI=1S/C30H29F3N2O3/c1-3-9-25(29(36)37)28-34-18-26(27(35(28)2)21-11-5-4-6-12-21)22-13-8-15-24(17-22)38-19-20-10-7-14-23(16-20)30(31,32)33/h7-10,13-18,21H,1,4-6,11-12,19H2,2H3,(H,36,37)/b28-25+. The molecule has 2 aliphatic rings. The van der Waals surface area contributed by atoms with Gasteiger partial charge in [-0.05, 0) is 60.2 Å². The number of alkyl halides is 3. The van der Waals surface area contributed by atoms with Crippen molar-refractivity contribution in [3.8, 4) is 5.75 Å². The van der Waals surface area contributed by atoms with Crippen LogP contribution in [0.5, 0.6) is 5.75 Å². The van der Waals surface area contributed by atoms with Crippen molar-refractivity contribution in [3.63, 3.8) is 0 Å². The van der Waals surface area contributed by atoms with Crippen LogP contribution in [0.1, 0.15) is 48.8 Å². The lowest BCUT2D eigenvalue weighted by atomic mass is 9.83. The van der Waals surface area contributed by atoms with E-state index in [1.807, 2.05) is 30.1 Å². The number of carboxylic acid groups (broad SMARTS) is 1. The number of ether oxygens (including phenoxy) is 1. The predicted molar refractivity (Wildman–Crippen MR) is 140 cm³/mol. The second-order valence-electron chi connectivity index (χ2n) is 9.36. The van der Waals surface area contributed by atoms with E-state index in [9.17, 15) is 23.1 Å². The summed E-state index contributed by atoms with van der Waals surface area (Å²) in [4.78, 5) is 18.3. The van der Waals surface area contributed by atoms with Gasteiger partial charge in [-0.15, -0.1) is 5.73 Å². The van der Waals surface area contributed by atoms with E-state index >= 15 is 0 Å². The molecule has 0 atom stereocenters. The summed E-state index contributed by atoms with van der Waals surface area (Å²) < 4.78 is 45.1. The fourth-order valence-electron chi connectivity index (χ4n) is 5.00. The first-order valence-corrected chi connectivity index (χ1v) is 12.4. The Bertz CT molecular complexity index is 1340. The van der Waals surface area contributed by atoms with E-state index in [1.54, 1.807) is 18.3 Å². The summed E-state index contributed by atoms with van der Waals surface area (Å²) in [6.45, 7) is 3.49. The average molecular weight is 523 g/mol. The van der Waals surface area contributed by atoms with Gasteiger partial charge in [0.2, 0.25) is 0 Å². The largest absolute Gasteiger partial charge is 0.489 e. The number of carbonyl (C=O) groups is 1. The summed E-state index contributed by atoms with van der Waals surface area (Å²) in [5.74, 6) is -0.0666. The number of aliphatic imine (C=N–C) groups is 1. The Morgan fingerprint density at radius 3 is 2.61 bits per heavy atom. The second kappa shape index (κ2) is 11.6. The molecule has 1 heterocycles. The Morgan fingerprint density at radius 2 is 1.92 bits per heavy atom. The zero-order valence-electron chi connectivity index (χ0n) is 21.1. The fraction of sp³-hybridized carbons (Fsp3) is 0.300. The molecule has 0 bridgehead atoms. The lowest BCUT2D eigenvalue weighted by Gasteiger charge is -2.36. The van der Waals surface area contributed by atoms with Gasteiger partial charge in [-0.1, -0.05) is 50.1 Å². The minimum atomic E-state index is -4.42. The third kappa shape index (κ3) is 6.09. The van der Waals surface area contributed by atoms with Crippen molar-refractivity contribution in [1.82, 2.24) is 4.90 Å². The minimum Gasteiger partial charge on any atom is -0.489 e. The highest BCUT2D eigenvalue weighted by Crippen LogP contribution is 2.40. The first-order chi connectivity index (χ1) is 18.2. The number of nitrogens with zero attached hydrogens (tertiary/aromatic N) is 2. The smallest absolute Gasteiger partial charge is 0.416 e. The highest BCUT2D eigenvalue weighted by Gasteiger charge is 2.31.